The van der Waals surface area contributed by atoms with Crippen LogP contribution in [0.5, 0.6) is 0 Å². The molecule has 0 radical (unpaired) electrons. The molecule has 0 fully saturated rings. The Bertz CT molecular complexity index is 1520. The highest BCUT2D eigenvalue weighted by Gasteiger charge is 2.24. The first-order chi connectivity index (χ1) is 18.7. The molecular formula is C30H29N3O5S. The van der Waals surface area contributed by atoms with Crippen molar-refractivity contribution in [2.45, 2.75) is 32.9 Å². The fraction of sp³-hybridized carbons (Fsp3) is 0.200. The number of carboxylic acid groups (broad SMARTS) is 1. The summed E-state index contributed by atoms with van der Waals surface area (Å²) in [7, 11) is 0. The number of hydrogen-bond acceptors (Lipinski definition) is 5. The Hall–Kier alpha value is -4.50. The summed E-state index contributed by atoms with van der Waals surface area (Å²) in [4.78, 5) is 50.6. The van der Waals surface area contributed by atoms with Crippen LogP contribution in [0.15, 0.2) is 72.1 Å². The van der Waals surface area contributed by atoms with Crippen LogP contribution >= 0.6 is 11.3 Å². The second-order valence-corrected chi connectivity index (χ2v) is 10.2. The van der Waals surface area contributed by atoms with Crippen molar-refractivity contribution in [2.75, 3.05) is 6.54 Å². The van der Waals surface area contributed by atoms with E-state index in [9.17, 15) is 24.3 Å². The number of carbonyl (C=O) groups excluding carboxylic acids is 3. The van der Waals surface area contributed by atoms with Gasteiger partial charge in [0.25, 0.3) is 17.7 Å². The number of carbonyl (C=O) groups is 4. The molecule has 0 saturated heterocycles. The van der Waals surface area contributed by atoms with E-state index in [4.69, 9.17) is 0 Å². The van der Waals surface area contributed by atoms with E-state index >= 15 is 0 Å². The molecule has 3 amide bonds. The second-order valence-electron chi connectivity index (χ2n) is 9.30. The van der Waals surface area contributed by atoms with Crippen LogP contribution in [0.4, 0.5) is 0 Å². The second kappa shape index (κ2) is 11.9. The number of rotatable bonds is 9. The average Bonchev–Trinajstić information content (AvgIpc) is 3.45. The highest BCUT2D eigenvalue weighted by Crippen LogP contribution is 2.25. The predicted molar refractivity (Wildman–Crippen MR) is 151 cm³/mol. The van der Waals surface area contributed by atoms with Crippen molar-refractivity contribution in [3.8, 4) is 0 Å². The smallest absolute Gasteiger partial charge is 0.328 e. The van der Waals surface area contributed by atoms with Crippen molar-refractivity contribution < 1.29 is 24.3 Å². The minimum absolute atomic E-state index is 0.257. The van der Waals surface area contributed by atoms with Gasteiger partial charge in [-0.05, 0) is 71.8 Å². The van der Waals surface area contributed by atoms with Gasteiger partial charge in [0.05, 0.1) is 10.9 Å². The van der Waals surface area contributed by atoms with Crippen molar-refractivity contribution in [3.63, 3.8) is 0 Å². The molecule has 39 heavy (non-hydrogen) atoms. The van der Waals surface area contributed by atoms with Gasteiger partial charge in [-0.25, -0.2) is 4.79 Å². The van der Waals surface area contributed by atoms with Crippen LogP contribution in [0.1, 0.15) is 60.0 Å². The fourth-order valence-corrected chi connectivity index (χ4v) is 5.20. The van der Waals surface area contributed by atoms with E-state index in [0.717, 1.165) is 16.3 Å². The molecule has 9 heteroatoms. The third kappa shape index (κ3) is 6.32. The van der Waals surface area contributed by atoms with Crippen molar-refractivity contribution in [2.24, 2.45) is 0 Å². The maximum atomic E-state index is 13.1. The molecule has 0 saturated carbocycles. The van der Waals surface area contributed by atoms with Crippen LogP contribution in [-0.2, 0) is 4.79 Å². The number of amides is 3. The van der Waals surface area contributed by atoms with Crippen molar-refractivity contribution in [1.82, 2.24) is 16.0 Å². The molecule has 1 aromatic heterocycles. The molecule has 0 bridgehead atoms. The van der Waals surface area contributed by atoms with E-state index in [1.807, 2.05) is 49.4 Å². The summed E-state index contributed by atoms with van der Waals surface area (Å²) in [5, 5.41) is 21.5. The van der Waals surface area contributed by atoms with Crippen molar-refractivity contribution in [3.05, 3.63) is 105 Å². The summed E-state index contributed by atoms with van der Waals surface area (Å²) in [5.74, 6) is -2.57. The topological polar surface area (TPSA) is 125 Å². The molecule has 0 aliphatic carbocycles. The van der Waals surface area contributed by atoms with Gasteiger partial charge >= 0.3 is 5.97 Å². The summed E-state index contributed by atoms with van der Waals surface area (Å²) < 4.78 is 0. The Morgan fingerprint density at radius 1 is 0.846 bits per heavy atom. The Morgan fingerprint density at radius 2 is 1.54 bits per heavy atom. The summed E-state index contributed by atoms with van der Waals surface area (Å²) in [6.07, 6.45) is 0. The predicted octanol–water partition coefficient (Wildman–Crippen LogP) is 4.62. The first-order valence-corrected chi connectivity index (χ1v) is 13.3. The number of aliphatic carboxylic acids is 1. The zero-order valence-corrected chi connectivity index (χ0v) is 22.6. The molecule has 3 aromatic carbocycles. The number of benzene rings is 3. The molecule has 0 aliphatic rings. The SMILES string of the molecule is Cc1cc(C(=O)NC(C)c2cccc3ccccc23)cc(C)c1C(=O)NC(CNC(=O)c1cccs1)C(=O)O. The van der Waals surface area contributed by atoms with Gasteiger partial charge in [-0.3, -0.25) is 14.4 Å². The first kappa shape index (κ1) is 27.5. The van der Waals surface area contributed by atoms with Gasteiger partial charge in [0.2, 0.25) is 0 Å². The molecule has 4 aromatic rings. The first-order valence-electron chi connectivity index (χ1n) is 12.4. The summed E-state index contributed by atoms with van der Waals surface area (Å²) in [5.41, 5.74) is 2.73. The van der Waals surface area contributed by atoms with E-state index in [1.54, 1.807) is 43.5 Å². The van der Waals surface area contributed by atoms with Crippen LogP contribution < -0.4 is 16.0 Å². The lowest BCUT2D eigenvalue weighted by molar-refractivity contribution is -0.139. The van der Waals surface area contributed by atoms with Gasteiger partial charge in [-0.2, -0.15) is 0 Å². The zero-order valence-electron chi connectivity index (χ0n) is 21.8. The molecule has 2 atom stereocenters. The van der Waals surface area contributed by atoms with Gasteiger partial charge in [0.15, 0.2) is 0 Å². The number of thiophene rings is 1. The third-order valence-electron chi connectivity index (χ3n) is 6.47. The summed E-state index contributed by atoms with van der Waals surface area (Å²) >= 11 is 1.23. The Labute approximate surface area is 230 Å². The highest BCUT2D eigenvalue weighted by molar-refractivity contribution is 7.12. The molecule has 2 unspecified atom stereocenters. The largest absolute Gasteiger partial charge is 0.480 e. The fourth-order valence-electron chi connectivity index (χ4n) is 4.56. The van der Waals surface area contributed by atoms with E-state index in [-0.39, 0.29) is 24.1 Å². The molecule has 4 N–H and O–H groups in total. The van der Waals surface area contributed by atoms with E-state index in [1.165, 1.54) is 11.3 Å². The molecule has 1 heterocycles. The normalized spacial score (nSPS) is 12.4. The Balaban J connectivity index is 1.46. The van der Waals surface area contributed by atoms with Gasteiger partial charge < -0.3 is 21.1 Å². The molecule has 0 aliphatic heterocycles. The molecule has 0 spiro atoms. The molecular weight excluding hydrogens is 514 g/mol. The van der Waals surface area contributed by atoms with Crippen molar-refractivity contribution in [1.29, 1.82) is 0 Å². The van der Waals surface area contributed by atoms with Gasteiger partial charge in [0, 0.05) is 17.7 Å². The van der Waals surface area contributed by atoms with E-state index < -0.39 is 23.8 Å². The maximum absolute atomic E-state index is 13.1. The Morgan fingerprint density at radius 3 is 2.21 bits per heavy atom. The lowest BCUT2D eigenvalue weighted by Gasteiger charge is -2.19. The minimum Gasteiger partial charge on any atom is -0.480 e. The number of hydrogen-bond donors (Lipinski definition) is 4. The van der Waals surface area contributed by atoms with Gasteiger partial charge in [-0.15, -0.1) is 11.3 Å². The van der Waals surface area contributed by atoms with Gasteiger partial charge in [0.1, 0.15) is 6.04 Å². The quantitative estimate of drug-likeness (QED) is 0.245. The maximum Gasteiger partial charge on any atom is 0.328 e. The van der Waals surface area contributed by atoms with Gasteiger partial charge in [-0.1, -0.05) is 48.5 Å². The zero-order chi connectivity index (χ0) is 28.1. The standard InChI is InChI=1S/C30H29N3O5S/c1-17-14-21(27(34)32-19(3)22-11-6-9-20-8-4-5-10-23(20)22)15-18(2)26(17)29(36)33-24(30(37)38)16-31-28(35)25-12-7-13-39-25/h4-15,19,24H,16H2,1-3H3,(H,31,35)(H,32,34)(H,33,36)(H,37,38). The third-order valence-corrected chi connectivity index (χ3v) is 7.34. The highest BCUT2D eigenvalue weighted by atomic mass is 32.1. The number of nitrogens with one attached hydrogen (secondary N) is 3. The number of aryl methyl sites for hydroxylation is 2. The minimum atomic E-state index is -1.33. The summed E-state index contributed by atoms with van der Waals surface area (Å²) in [6, 6.07) is 18.9. The van der Waals surface area contributed by atoms with Crippen LogP contribution in [-0.4, -0.2) is 41.4 Å². The molecule has 8 nitrogen and oxygen atoms in total. The monoisotopic (exact) mass is 543 g/mol. The molecule has 4 rings (SSSR count). The Kier molecular flexibility index (Phi) is 8.41. The van der Waals surface area contributed by atoms with Crippen molar-refractivity contribution >= 4 is 45.8 Å². The summed E-state index contributed by atoms with van der Waals surface area (Å²) in [6.45, 7) is 5.04. The lowest BCUT2D eigenvalue weighted by atomic mass is 9.97. The van der Waals surface area contributed by atoms with E-state index in [2.05, 4.69) is 16.0 Å². The van der Waals surface area contributed by atoms with Crippen LogP contribution in [0, 0.1) is 13.8 Å². The number of fused-ring (bicyclic) bond motifs is 1. The van der Waals surface area contributed by atoms with Crippen LogP contribution in [0.3, 0.4) is 0 Å². The molecule has 200 valence electrons. The van der Waals surface area contributed by atoms with Crippen LogP contribution in [0.25, 0.3) is 10.8 Å². The van der Waals surface area contributed by atoms with Crippen LogP contribution in [0.2, 0.25) is 0 Å². The lowest BCUT2D eigenvalue weighted by Crippen LogP contribution is -2.48. The number of carboxylic acids is 1. The average molecular weight is 544 g/mol. The van der Waals surface area contributed by atoms with E-state index in [0.29, 0.717) is 21.6 Å².